The SMILES string of the molecule is CC.CN1CCCc2cc(-c3cnn(C(F)F)c3)ccc21. The van der Waals surface area contributed by atoms with Gasteiger partial charge in [-0.2, -0.15) is 13.9 Å². The second-order valence-electron chi connectivity index (χ2n) is 4.86. The Labute approximate surface area is 124 Å². The number of anilines is 1. The van der Waals surface area contributed by atoms with E-state index in [1.165, 1.54) is 23.6 Å². The van der Waals surface area contributed by atoms with Gasteiger partial charge in [0.2, 0.25) is 0 Å². The maximum Gasteiger partial charge on any atom is 0.333 e. The Morgan fingerprint density at radius 3 is 2.62 bits per heavy atom. The van der Waals surface area contributed by atoms with Gasteiger partial charge in [0.25, 0.3) is 0 Å². The van der Waals surface area contributed by atoms with Crippen molar-refractivity contribution in [2.24, 2.45) is 0 Å². The lowest BCUT2D eigenvalue weighted by molar-refractivity contribution is 0.0566. The van der Waals surface area contributed by atoms with Gasteiger partial charge in [0.1, 0.15) is 0 Å². The second kappa shape index (κ2) is 6.70. The lowest BCUT2D eigenvalue weighted by atomic mass is 9.98. The van der Waals surface area contributed by atoms with Crippen LogP contribution >= 0.6 is 0 Å². The van der Waals surface area contributed by atoms with Gasteiger partial charge >= 0.3 is 6.55 Å². The highest BCUT2D eigenvalue weighted by Crippen LogP contribution is 2.31. The number of rotatable bonds is 2. The van der Waals surface area contributed by atoms with Crippen molar-refractivity contribution in [2.45, 2.75) is 33.2 Å². The molecular weight excluding hydrogens is 272 g/mol. The number of fused-ring (bicyclic) bond motifs is 1. The molecule has 1 aliphatic rings. The first-order valence-corrected chi connectivity index (χ1v) is 7.32. The smallest absolute Gasteiger partial charge is 0.333 e. The Morgan fingerprint density at radius 1 is 1.19 bits per heavy atom. The van der Waals surface area contributed by atoms with Crippen LogP contribution in [0.25, 0.3) is 11.1 Å². The quantitative estimate of drug-likeness (QED) is 0.820. The van der Waals surface area contributed by atoms with Crippen LogP contribution in [0.3, 0.4) is 0 Å². The van der Waals surface area contributed by atoms with E-state index < -0.39 is 6.55 Å². The highest BCUT2D eigenvalue weighted by molar-refractivity contribution is 5.68. The normalized spacial score (nSPS) is 13.7. The van der Waals surface area contributed by atoms with E-state index in [9.17, 15) is 8.78 Å². The molecule has 0 bridgehead atoms. The van der Waals surface area contributed by atoms with Crippen molar-refractivity contribution < 1.29 is 8.78 Å². The van der Waals surface area contributed by atoms with Gasteiger partial charge in [0, 0.05) is 31.0 Å². The fraction of sp³-hybridized carbons (Fsp3) is 0.438. The zero-order valence-corrected chi connectivity index (χ0v) is 12.7. The molecule has 0 atom stereocenters. The van der Waals surface area contributed by atoms with Gasteiger partial charge in [-0.3, -0.25) is 0 Å². The molecule has 0 amide bonds. The van der Waals surface area contributed by atoms with Crippen molar-refractivity contribution in [3.05, 3.63) is 36.2 Å². The van der Waals surface area contributed by atoms with Crippen LogP contribution in [0.2, 0.25) is 0 Å². The summed E-state index contributed by atoms with van der Waals surface area (Å²) in [7, 11) is 2.08. The van der Waals surface area contributed by atoms with Crippen molar-refractivity contribution in [2.75, 3.05) is 18.5 Å². The van der Waals surface area contributed by atoms with E-state index in [1.807, 2.05) is 19.9 Å². The van der Waals surface area contributed by atoms with Crippen molar-refractivity contribution in [1.29, 1.82) is 0 Å². The summed E-state index contributed by atoms with van der Waals surface area (Å²) < 4.78 is 25.7. The summed E-state index contributed by atoms with van der Waals surface area (Å²) in [5.41, 5.74) is 4.18. The summed E-state index contributed by atoms with van der Waals surface area (Å²) >= 11 is 0. The minimum absolute atomic E-state index is 0.681. The third-order valence-electron chi connectivity index (χ3n) is 3.57. The zero-order chi connectivity index (χ0) is 15.4. The van der Waals surface area contributed by atoms with Crippen LogP contribution < -0.4 is 4.90 Å². The molecule has 0 unspecified atom stereocenters. The van der Waals surface area contributed by atoms with Gasteiger partial charge in [-0.05, 0) is 36.1 Å². The Balaban J connectivity index is 0.000000774. The first-order chi connectivity index (χ1) is 10.1. The zero-order valence-electron chi connectivity index (χ0n) is 12.7. The van der Waals surface area contributed by atoms with Crippen LogP contribution in [-0.4, -0.2) is 23.4 Å². The number of aromatic nitrogens is 2. The molecule has 0 N–H and O–H groups in total. The van der Waals surface area contributed by atoms with Gasteiger partial charge in [-0.1, -0.05) is 19.9 Å². The first kappa shape index (κ1) is 15.5. The lowest BCUT2D eigenvalue weighted by Gasteiger charge is -2.27. The van der Waals surface area contributed by atoms with Gasteiger partial charge in [0.15, 0.2) is 0 Å². The standard InChI is InChI=1S/C14H15F2N3.C2H6/c1-18-6-2-3-11-7-10(4-5-13(11)18)12-8-17-19(9-12)14(15)16;1-2/h4-5,7-9,14H,2-3,6H2,1H3;1-2H3. The summed E-state index contributed by atoms with van der Waals surface area (Å²) in [4.78, 5) is 2.23. The predicted octanol–water partition coefficient (Wildman–Crippen LogP) is 4.35. The van der Waals surface area contributed by atoms with Crippen molar-refractivity contribution >= 4 is 5.69 Å². The van der Waals surface area contributed by atoms with Crippen LogP contribution in [-0.2, 0) is 6.42 Å². The third-order valence-corrected chi connectivity index (χ3v) is 3.57. The number of nitrogens with zero attached hydrogens (tertiary/aromatic N) is 3. The molecule has 3 nitrogen and oxygen atoms in total. The molecule has 0 fully saturated rings. The molecule has 0 radical (unpaired) electrons. The third kappa shape index (κ3) is 3.23. The molecule has 0 spiro atoms. The van der Waals surface area contributed by atoms with Crippen molar-refractivity contribution in [3.63, 3.8) is 0 Å². The predicted molar refractivity (Wildman–Crippen MR) is 81.9 cm³/mol. The number of halogens is 2. The molecule has 1 aliphatic heterocycles. The number of hydrogen-bond donors (Lipinski definition) is 0. The Bertz CT molecular complexity index is 593. The number of aryl methyl sites for hydroxylation is 1. The van der Waals surface area contributed by atoms with Crippen LogP contribution in [0.1, 0.15) is 32.4 Å². The van der Waals surface area contributed by atoms with Crippen LogP contribution in [0.5, 0.6) is 0 Å². The summed E-state index contributed by atoms with van der Waals surface area (Å²) in [6.07, 6.45) is 5.04. The minimum Gasteiger partial charge on any atom is -0.374 e. The minimum atomic E-state index is -2.59. The molecular formula is C16H21F2N3. The molecule has 2 heterocycles. The largest absolute Gasteiger partial charge is 0.374 e. The van der Waals surface area contributed by atoms with E-state index >= 15 is 0 Å². The van der Waals surface area contributed by atoms with Gasteiger partial charge < -0.3 is 4.90 Å². The Kier molecular flexibility index (Phi) is 4.94. The van der Waals surface area contributed by atoms with E-state index in [4.69, 9.17) is 0 Å². The van der Waals surface area contributed by atoms with E-state index in [-0.39, 0.29) is 0 Å². The molecule has 114 valence electrons. The van der Waals surface area contributed by atoms with Crippen molar-refractivity contribution in [3.8, 4) is 11.1 Å². The molecule has 21 heavy (non-hydrogen) atoms. The summed E-state index contributed by atoms with van der Waals surface area (Å²) in [5, 5.41) is 3.68. The van der Waals surface area contributed by atoms with Gasteiger partial charge in [-0.25, -0.2) is 4.68 Å². The number of alkyl halides is 2. The molecule has 0 aliphatic carbocycles. The number of benzene rings is 1. The summed E-state index contributed by atoms with van der Waals surface area (Å²) in [6, 6.07) is 6.11. The molecule has 5 heteroatoms. The van der Waals surface area contributed by atoms with Gasteiger partial charge in [-0.15, -0.1) is 0 Å². The molecule has 1 aromatic heterocycles. The first-order valence-electron chi connectivity index (χ1n) is 7.32. The van der Waals surface area contributed by atoms with Crippen molar-refractivity contribution in [1.82, 2.24) is 9.78 Å². The van der Waals surface area contributed by atoms with E-state index in [0.29, 0.717) is 4.68 Å². The lowest BCUT2D eigenvalue weighted by Crippen LogP contribution is -2.24. The highest BCUT2D eigenvalue weighted by Gasteiger charge is 2.15. The topological polar surface area (TPSA) is 21.1 Å². The van der Waals surface area contributed by atoms with Crippen LogP contribution in [0, 0.1) is 0 Å². The Morgan fingerprint density at radius 2 is 1.95 bits per heavy atom. The molecule has 3 rings (SSSR count). The van der Waals surface area contributed by atoms with Crippen LogP contribution in [0.15, 0.2) is 30.6 Å². The molecule has 0 saturated heterocycles. The van der Waals surface area contributed by atoms with Crippen LogP contribution in [0.4, 0.5) is 14.5 Å². The molecule has 2 aromatic rings. The fourth-order valence-electron chi connectivity index (χ4n) is 2.56. The average molecular weight is 293 g/mol. The van der Waals surface area contributed by atoms with E-state index in [2.05, 4.69) is 29.2 Å². The maximum absolute atomic E-state index is 12.5. The maximum atomic E-state index is 12.5. The number of hydrogen-bond acceptors (Lipinski definition) is 2. The Hall–Kier alpha value is -1.91. The molecule has 0 saturated carbocycles. The van der Waals surface area contributed by atoms with Gasteiger partial charge in [0.05, 0.1) is 6.20 Å². The average Bonchev–Trinajstić information content (AvgIpc) is 2.99. The summed E-state index contributed by atoms with van der Waals surface area (Å²) in [5.74, 6) is 0. The van der Waals surface area contributed by atoms with E-state index in [1.54, 1.807) is 0 Å². The monoisotopic (exact) mass is 293 g/mol. The fourth-order valence-corrected chi connectivity index (χ4v) is 2.56. The summed E-state index contributed by atoms with van der Waals surface area (Å²) in [6.45, 7) is 2.48. The molecule has 1 aromatic carbocycles. The van der Waals surface area contributed by atoms with E-state index in [0.717, 1.165) is 30.5 Å². The highest BCUT2D eigenvalue weighted by atomic mass is 19.3. The second-order valence-corrected chi connectivity index (χ2v) is 4.86.